The van der Waals surface area contributed by atoms with Crippen LogP contribution in [0, 0.1) is 5.92 Å². The SMILES string of the molecule is Cl.O=C(Nc1cccc(OCC2CCCO2)c1)C1CCNCC1. The molecule has 2 heterocycles. The number of amides is 1. The maximum Gasteiger partial charge on any atom is 0.227 e. The summed E-state index contributed by atoms with van der Waals surface area (Å²) in [4.78, 5) is 12.2. The summed E-state index contributed by atoms with van der Waals surface area (Å²) in [5.74, 6) is 0.995. The Morgan fingerprint density at radius 3 is 2.87 bits per heavy atom. The van der Waals surface area contributed by atoms with Crippen LogP contribution in [0.1, 0.15) is 25.7 Å². The minimum absolute atomic E-state index is 0. The van der Waals surface area contributed by atoms with Gasteiger partial charge in [0.15, 0.2) is 0 Å². The molecule has 0 spiro atoms. The molecular weight excluding hydrogens is 316 g/mol. The van der Waals surface area contributed by atoms with E-state index in [0.29, 0.717) is 6.61 Å². The third-order valence-electron chi connectivity index (χ3n) is 4.27. The van der Waals surface area contributed by atoms with Gasteiger partial charge in [-0.1, -0.05) is 6.07 Å². The van der Waals surface area contributed by atoms with Gasteiger partial charge < -0.3 is 20.1 Å². The van der Waals surface area contributed by atoms with Crippen molar-refractivity contribution in [2.75, 3.05) is 31.6 Å². The first-order valence-electron chi connectivity index (χ1n) is 8.17. The Bertz CT molecular complexity index is 500. The van der Waals surface area contributed by atoms with E-state index in [-0.39, 0.29) is 30.3 Å². The number of hydrogen-bond donors (Lipinski definition) is 2. The zero-order valence-electron chi connectivity index (χ0n) is 13.3. The van der Waals surface area contributed by atoms with E-state index in [1.807, 2.05) is 24.3 Å². The third kappa shape index (κ3) is 5.37. The Morgan fingerprint density at radius 1 is 1.30 bits per heavy atom. The largest absolute Gasteiger partial charge is 0.491 e. The number of hydrogen-bond acceptors (Lipinski definition) is 4. The lowest BCUT2D eigenvalue weighted by molar-refractivity contribution is -0.120. The zero-order valence-corrected chi connectivity index (χ0v) is 14.1. The van der Waals surface area contributed by atoms with Gasteiger partial charge in [-0.15, -0.1) is 12.4 Å². The van der Waals surface area contributed by atoms with Crippen molar-refractivity contribution < 1.29 is 14.3 Å². The summed E-state index contributed by atoms with van der Waals surface area (Å²) >= 11 is 0. The molecule has 0 saturated carbocycles. The van der Waals surface area contributed by atoms with Crippen LogP contribution < -0.4 is 15.4 Å². The van der Waals surface area contributed by atoms with Crippen LogP contribution in [-0.4, -0.2) is 38.3 Å². The summed E-state index contributed by atoms with van der Waals surface area (Å²) in [7, 11) is 0. The molecule has 1 unspecified atom stereocenters. The minimum atomic E-state index is 0. The van der Waals surface area contributed by atoms with Crippen molar-refractivity contribution in [2.45, 2.75) is 31.8 Å². The maximum atomic E-state index is 12.2. The lowest BCUT2D eigenvalue weighted by atomic mass is 9.97. The summed E-state index contributed by atoms with van der Waals surface area (Å²) in [5.41, 5.74) is 0.799. The van der Waals surface area contributed by atoms with Gasteiger partial charge in [-0.2, -0.15) is 0 Å². The number of rotatable bonds is 5. The second-order valence-electron chi connectivity index (χ2n) is 5.99. The first-order chi connectivity index (χ1) is 10.8. The van der Waals surface area contributed by atoms with E-state index in [2.05, 4.69) is 10.6 Å². The predicted molar refractivity (Wildman–Crippen MR) is 92.4 cm³/mol. The Kier molecular flexibility index (Phi) is 7.15. The van der Waals surface area contributed by atoms with E-state index in [0.717, 1.165) is 56.8 Å². The molecule has 5 nitrogen and oxygen atoms in total. The van der Waals surface area contributed by atoms with Gasteiger partial charge in [0, 0.05) is 24.3 Å². The molecular formula is C17H25ClN2O3. The van der Waals surface area contributed by atoms with Crippen molar-refractivity contribution in [1.82, 2.24) is 5.32 Å². The number of nitrogens with one attached hydrogen (secondary N) is 2. The van der Waals surface area contributed by atoms with Gasteiger partial charge in [-0.05, 0) is 50.9 Å². The molecule has 3 rings (SSSR count). The molecule has 6 heteroatoms. The second kappa shape index (κ2) is 9.11. The summed E-state index contributed by atoms with van der Waals surface area (Å²) in [5, 5.41) is 6.28. The second-order valence-corrected chi connectivity index (χ2v) is 5.99. The van der Waals surface area contributed by atoms with E-state index in [9.17, 15) is 4.79 Å². The maximum absolute atomic E-state index is 12.2. The van der Waals surface area contributed by atoms with Crippen molar-refractivity contribution >= 4 is 24.0 Å². The molecule has 1 atom stereocenters. The van der Waals surface area contributed by atoms with Crippen LogP contribution in [0.5, 0.6) is 5.75 Å². The van der Waals surface area contributed by atoms with Crippen molar-refractivity contribution in [3.8, 4) is 5.75 Å². The number of anilines is 1. The molecule has 2 aliphatic heterocycles. The number of ether oxygens (including phenoxy) is 2. The minimum Gasteiger partial charge on any atom is -0.491 e. The van der Waals surface area contributed by atoms with Crippen LogP contribution in [0.4, 0.5) is 5.69 Å². The average Bonchev–Trinajstić information content (AvgIpc) is 3.08. The van der Waals surface area contributed by atoms with Gasteiger partial charge in [-0.25, -0.2) is 0 Å². The fraction of sp³-hybridized carbons (Fsp3) is 0.588. The van der Waals surface area contributed by atoms with Gasteiger partial charge in [-0.3, -0.25) is 4.79 Å². The molecule has 2 aliphatic rings. The van der Waals surface area contributed by atoms with Crippen LogP contribution in [0.3, 0.4) is 0 Å². The normalized spacial score (nSPS) is 21.5. The first kappa shape index (κ1) is 18.0. The molecule has 0 aliphatic carbocycles. The lowest BCUT2D eigenvalue weighted by Gasteiger charge is -2.21. The van der Waals surface area contributed by atoms with E-state index in [1.165, 1.54) is 0 Å². The monoisotopic (exact) mass is 340 g/mol. The summed E-state index contributed by atoms with van der Waals surface area (Å²) in [6.07, 6.45) is 4.18. The molecule has 23 heavy (non-hydrogen) atoms. The quantitative estimate of drug-likeness (QED) is 0.865. The van der Waals surface area contributed by atoms with E-state index in [1.54, 1.807) is 0 Å². The number of piperidine rings is 1. The molecule has 1 aromatic carbocycles. The average molecular weight is 341 g/mol. The molecule has 1 aromatic rings. The van der Waals surface area contributed by atoms with E-state index >= 15 is 0 Å². The smallest absolute Gasteiger partial charge is 0.227 e. The summed E-state index contributed by atoms with van der Waals surface area (Å²) in [6.45, 7) is 3.25. The number of carbonyl (C=O) groups is 1. The highest BCUT2D eigenvalue weighted by Gasteiger charge is 2.21. The molecule has 2 saturated heterocycles. The van der Waals surface area contributed by atoms with Crippen molar-refractivity contribution in [2.24, 2.45) is 5.92 Å². The van der Waals surface area contributed by atoms with Gasteiger partial charge >= 0.3 is 0 Å². The van der Waals surface area contributed by atoms with E-state index < -0.39 is 0 Å². The summed E-state index contributed by atoms with van der Waals surface area (Å²) < 4.78 is 11.3. The van der Waals surface area contributed by atoms with Crippen LogP contribution in [0.25, 0.3) is 0 Å². The molecule has 128 valence electrons. The van der Waals surface area contributed by atoms with Crippen molar-refractivity contribution in [3.63, 3.8) is 0 Å². The highest BCUT2D eigenvalue weighted by atomic mass is 35.5. The molecule has 1 amide bonds. The number of halogens is 1. The van der Waals surface area contributed by atoms with Gasteiger partial charge in [0.2, 0.25) is 5.91 Å². The standard InChI is InChI=1S/C17H24N2O3.ClH/c20-17(13-6-8-18-9-7-13)19-14-3-1-4-15(11-14)22-12-16-5-2-10-21-16;/h1,3-4,11,13,16,18H,2,5-10,12H2,(H,19,20);1H. The third-order valence-corrected chi connectivity index (χ3v) is 4.27. The topological polar surface area (TPSA) is 59.6 Å². The first-order valence-corrected chi connectivity index (χ1v) is 8.17. The van der Waals surface area contributed by atoms with Crippen LogP contribution in [0.15, 0.2) is 24.3 Å². The van der Waals surface area contributed by atoms with Crippen molar-refractivity contribution in [3.05, 3.63) is 24.3 Å². The van der Waals surface area contributed by atoms with Gasteiger partial charge in [0.25, 0.3) is 0 Å². The Hall–Kier alpha value is -1.30. The number of benzene rings is 1. The molecule has 0 radical (unpaired) electrons. The van der Waals surface area contributed by atoms with Crippen LogP contribution >= 0.6 is 12.4 Å². The molecule has 0 bridgehead atoms. The zero-order chi connectivity index (χ0) is 15.2. The van der Waals surface area contributed by atoms with E-state index in [4.69, 9.17) is 9.47 Å². The fourth-order valence-corrected chi connectivity index (χ4v) is 2.96. The Morgan fingerprint density at radius 2 is 2.13 bits per heavy atom. The van der Waals surface area contributed by atoms with Crippen molar-refractivity contribution in [1.29, 1.82) is 0 Å². The van der Waals surface area contributed by atoms with Crippen LogP contribution in [0.2, 0.25) is 0 Å². The Balaban J connectivity index is 0.00000192. The van der Waals surface area contributed by atoms with Crippen LogP contribution in [-0.2, 0) is 9.53 Å². The highest BCUT2D eigenvalue weighted by molar-refractivity contribution is 5.92. The predicted octanol–water partition coefficient (Wildman–Crippen LogP) is 2.60. The molecule has 2 fully saturated rings. The summed E-state index contributed by atoms with van der Waals surface area (Å²) in [6, 6.07) is 7.60. The molecule has 0 aromatic heterocycles. The van der Waals surface area contributed by atoms with Gasteiger partial charge in [0.1, 0.15) is 12.4 Å². The fourth-order valence-electron chi connectivity index (χ4n) is 2.96. The van der Waals surface area contributed by atoms with Gasteiger partial charge in [0.05, 0.1) is 6.10 Å². The number of carbonyl (C=O) groups excluding carboxylic acids is 1. The molecule has 2 N–H and O–H groups in total. The Labute approximate surface area is 143 Å². The highest BCUT2D eigenvalue weighted by Crippen LogP contribution is 2.21. The lowest BCUT2D eigenvalue weighted by Crippen LogP contribution is -2.34.